The molecule has 0 fully saturated rings. The third kappa shape index (κ3) is 41.3. The van der Waals surface area contributed by atoms with E-state index in [2.05, 4.69) is 38.2 Å². The largest absolute Gasteiger partial charge is 0.472 e. The van der Waals surface area contributed by atoms with Gasteiger partial charge in [-0.3, -0.25) is 23.4 Å². The van der Waals surface area contributed by atoms with E-state index < -0.39 is 44.5 Å². The van der Waals surface area contributed by atoms with Gasteiger partial charge in [-0.2, -0.15) is 0 Å². The summed E-state index contributed by atoms with van der Waals surface area (Å²) in [6.45, 7) is 5.35. The predicted molar refractivity (Wildman–Crippen MR) is 245 cm³/mol. The molecule has 0 saturated heterocycles. The van der Waals surface area contributed by atoms with Crippen molar-refractivity contribution < 1.29 is 51.6 Å². The van der Waals surface area contributed by atoms with Gasteiger partial charge in [0.15, 0.2) is 12.2 Å². The van der Waals surface area contributed by atoms with Gasteiger partial charge >= 0.3 is 25.7 Å². The Labute approximate surface area is 367 Å². The van der Waals surface area contributed by atoms with Crippen molar-refractivity contribution in [2.45, 2.75) is 219 Å². The van der Waals surface area contributed by atoms with Gasteiger partial charge in [-0.25, -0.2) is 4.57 Å². The first-order valence-corrected chi connectivity index (χ1v) is 25.6. The van der Waals surface area contributed by atoms with Crippen molar-refractivity contribution in [1.82, 2.24) is 0 Å². The molecule has 60 heavy (non-hydrogen) atoms. The maximum absolute atomic E-state index is 13.1. The van der Waals surface area contributed by atoms with Crippen LogP contribution in [-0.2, 0) is 42.2 Å². The van der Waals surface area contributed by atoms with Crippen molar-refractivity contribution in [3.05, 3.63) is 24.3 Å². The number of quaternary nitrogens is 1. The summed E-state index contributed by atoms with van der Waals surface area (Å²) in [5.41, 5.74) is 0. The number of nitrogens with zero attached hydrogens (tertiary/aromatic N) is 1. The molecule has 2 unspecified atom stereocenters. The fraction of sp³-hybridized carbons (Fsp3) is 0.854. The van der Waals surface area contributed by atoms with E-state index in [1.165, 1.54) is 83.5 Å². The highest BCUT2D eigenvalue weighted by atomic mass is 31.2. The molecule has 3 atom stereocenters. The monoisotopic (exact) mass is 873 g/mol. The molecule has 0 aliphatic heterocycles. The standard InChI is InChI=1S/C48H90NO10P/c1-7-10-12-14-16-18-20-22-24-26-28-30-32-34-36-38-47(51)56-42-45(43-57-60(53,54)59-44(40-49(4,5)6)41-55-46(50)9-3)58-48(52)39-37-35-33-31-29-27-25-23-21-19-17-15-13-11-8-2/h22-25,44-45H,7-21,26-43H2,1-6H3/p+1/b24-22-,25-23-/t44?,45-/m1/s1. The number of phosphoric acid groups is 1. The lowest BCUT2D eigenvalue weighted by Crippen LogP contribution is -2.44. The van der Waals surface area contributed by atoms with Gasteiger partial charge in [-0.1, -0.05) is 148 Å². The number of hydrogen-bond acceptors (Lipinski definition) is 9. The molecule has 0 saturated carbocycles. The molecule has 0 aromatic carbocycles. The summed E-state index contributed by atoms with van der Waals surface area (Å²) in [6.07, 6.45) is 37.8. The topological polar surface area (TPSA) is 135 Å². The molecule has 0 aliphatic carbocycles. The number of esters is 3. The lowest BCUT2D eigenvalue weighted by Gasteiger charge is -2.29. The van der Waals surface area contributed by atoms with Gasteiger partial charge in [-0.05, 0) is 64.2 Å². The maximum Gasteiger partial charge on any atom is 0.472 e. The second-order valence-electron chi connectivity index (χ2n) is 17.5. The van der Waals surface area contributed by atoms with Crippen LogP contribution in [0.25, 0.3) is 0 Å². The Morgan fingerprint density at radius 3 is 1.33 bits per heavy atom. The fourth-order valence-corrected chi connectivity index (χ4v) is 7.63. The van der Waals surface area contributed by atoms with Gasteiger partial charge < -0.3 is 23.6 Å². The molecule has 0 bridgehead atoms. The number of allylic oxidation sites excluding steroid dienone is 4. The number of hydrogen-bond donors (Lipinski definition) is 1. The summed E-state index contributed by atoms with van der Waals surface area (Å²) in [5, 5.41) is 0. The zero-order chi connectivity index (χ0) is 44.6. The zero-order valence-corrected chi connectivity index (χ0v) is 40.2. The Kier molecular flexibility index (Phi) is 38.4. The van der Waals surface area contributed by atoms with Crippen LogP contribution in [-0.4, -0.2) is 87.0 Å². The normalized spacial score (nSPS) is 14.1. The molecule has 0 radical (unpaired) electrons. The minimum absolute atomic E-state index is 0.157. The van der Waals surface area contributed by atoms with Crippen LogP contribution >= 0.6 is 7.82 Å². The summed E-state index contributed by atoms with van der Waals surface area (Å²) >= 11 is 0. The maximum atomic E-state index is 13.1. The molecule has 0 rings (SSSR count). The van der Waals surface area contributed by atoms with E-state index in [1.807, 2.05) is 21.1 Å². The molecule has 0 aromatic heterocycles. The van der Waals surface area contributed by atoms with Gasteiger partial charge in [-0.15, -0.1) is 0 Å². The summed E-state index contributed by atoms with van der Waals surface area (Å²) in [5.74, 6) is -1.37. The lowest BCUT2D eigenvalue weighted by atomic mass is 10.1. The first-order chi connectivity index (χ1) is 28.8. The van der Waals surface area contributed by atoms with E-state index >= 15 is 0 Å². The lowest BCUT2D eigenvalue weighted by molar-refractivity contribution is -0.873. The summed E-state index contributed by atoms with van der Waals surface area (Å²) in [7, 11) is 0.929. The molecule has 352 valence electrons. The SMILES string of the molecule is CCCCCCCC/C=C\CCCCCCCC(=O)OC[C@H](COP(=O)(O)OC(COC(=O)CC)C[N+](C)(C)C)OC(=O)CCCCCCC/C=C\CCCCCCCC. The van der Waals surface area contributed by atoms with Crippen LogP contribution in [0.3, 0.4) is 0 Å². The van der Waals surface area contributed by atoms with Gasteiger partial charge in [0.2, 0.25) is 0 Å². The zero-order valence-electron chi connectivity index (χ0n) is 39.3. The van der Waals surface area contributed by atoms with Crippen molar-refractivity contribution in [3.8, 4) is 0 Å². The van der Waals surface area contributed by atoms with Crippen LogP contribution < -0.4 is 0 Å². The molecular weight excluding hydrogens is 781 g/mol. The second-order valence-corrected chi connectivity index (χ2v) is 18.9. The van der Waals surface area contributed by atoms with Crippen molar-refractivity contribution in [3.63, 3.8) is 0 Å². The number of ether oxygens (including phenoxy) is 3. The Morgan fingerprint density at radius 2 is 0.900 bits per heavy atom. The van der Waals surface area contributed by atoms with Crippen LogP contribution in [0.2, 0.25) is 0 Å². The van der Waals surface area contributed by atoms with Crippen LogP contribution in [0.5, 0.6) is 0 Å². The second kappa shape index (κ2) is 39.8. The molecule has 0 spiro atoms. The minimum atomic E-state index is -4.69. The molecule has 0 heterocycles. The van der Waals surface area contributed by atoms with E-state index in [-0.39, 0.29) is 39.0 Å². The predicted octanol–water partition coefficient (Wildman–Crippen LogP) is 12.7. The molecule has 1 N–H and O–H groups in total. The average Bonchev–Trinajstić information content (AvgIpc) is 3.20. The summed E-state index contributed by atoms with van der Waals surface area (Å²) < 4.78 is 40.4. The first kappa shape index (κ1) is 58.0. The van der Waals surface area contributed by atoms with Gasteiger partial charge in [0.1, 0.15) is 19.8 Å². The van der Waals surface area contributed by atoms with E-state index in [0.29, 0.717) is 17.3 Å². The Morgan fingerprint density at radius 1 is 0.517 bits per heavy atom. The average molecular weight is 873 g/mol. The van der Waals surface area contributed by atoms with E-state index in [4.69, 9.17) is 23.3 Å². The number of rotatable bonds is 43. The number of likely N-dealkylation sites (N-methyl/N-ethyl adjacent to an activating group) is 1. The van der Waals surface area contributed by atoms with Gasteiger partial charge in [0, 0.05) is 19.3 Å². The minimum Gasteiger partial charge on any atom is -0.463 e. The van der Waals surface area contributed by atoms with Gasteiger partial charge in [0.25, 0.3) is 0 Å². The fourth-order valence-electron chi connectivity index (χ4n) is 6.71. The number of carbonyl (C=O) groups is 3. The van der Waals surface area contributed by atoms with E-state index in [1.54, 1.807) is 6.92 Å². The highest BCUT2D eigenvalue weighted by Gasteiger charge is 2.33. The van der Waals surface area contributed by atoms with Crippen LogP contribution in [0.1, 0.15) is 207 Å². The van der Waals surface area contributed by atoms with Crippen LogP contribution in [0.4, 0.5) is 0 Å². The third-order valence-corrected chi connectivity index (χ3v) is 11.2. The van der Waals surface area contributed by atoms with Crippen molar-refractivity contribution in [2.75, 3.05) is 47.5 Å². The Bertz CT molecular complexity index is 1150. The quantitative estimate of drug-likeness (QED) is 0.0158. The van der Waals surface area contributed by atoms with Gasteiger partial charge in [0.05, 0.1) is 27.7 Å². The molecule has 0 aliphatic rings. The Hall–Kier alpha value is -2.04. The van der Waals surface area contributed by atoms with Crippen LogP contribution in [0.15, 0.2) is 24.3 Å². The van der Waals surface area contributed by atoms with E-state index in [0.717, 1.165) is 70.6 Å². The molecular formula is C48H91NO10P+. The highest BCUT2D eigenvalue weighted by Crippen LogP contribution is 2.45. The number of carbonyl (C=O) groups excluding carboxylic acids is 3. The summed E-state index contributed by atoms with van der Waals surface area (Å²) in [4.78, 5) is 47.9. The third-order valence-electron chi connectivity index (χ3n) is 10.2. The first-order valence-electron chi connectivity index (χ1n) is 24.1. The van der Waals surface area contributed by atoms with E-state index in [9.17, 15) is 23.8 Å². The molecule has 0 aromatic rings. The smallest absolute Gasteiger partial charge is 0.463 e. The molecule has 12 heteroatoms. The number of phosphoric ester groups is 1. The van der Waals surface area contributed by atoms with Crippen molar-refractivity contribution >= 4 is 25.7 Å². The van der Waals surface area contributed by atoms with Crippen molar-refractivity contribution in [1.29, 1.82) is 0 Å². The molecule has 0 amide bonds. The summed E-state index contributed by atoms with van der Waals surface area (Å²) in [6, 6.07) is 0. The molecule has 11 nitrogen and oxygen atoms in total. The highest BCUT2D eigenvalue weighted by molar-refractivity contribution is 7.47. The van der Waals surface area contributed by atoms with Crippen LogP contribution in [0, 0.1) is 0 Å². The van der Waals surface area contributed by atoms with Crippen molar-refractivity contribution in [2.24, 2.45) is 0 Å². The number of unbranched alkanes of at least 4 members (excludes halogenated alkanes) is 22. The Balaban J connectivity index is 4.80.